The van der Waals surface area contributed by atoms with Gasteiger partial charge in [-0.25, -0.2) is 9.97 Å². The highest BCUT2D eigenvalue weighted by Crippen LogP contribution is 2.28. The molecule has 0 bridgehead atoms. The Morgan fingerprint density at radius 1 is 1.22 bits per heavy atom. The molecule has 0 saturated carbocycles. The van der Waals surface area contributed by atoms with Gasteiger partial charge in [-0.2, -0.15) is 0 Å². The maximum absolute atomic E-state index is 13.1. The number of rotatable bonds is 4. The fraction of sp³-hybridized carbons (Fsp3) is 0.200. The quantitative estimate of drug-likeness (QED) is 0.589. The molecule has 1 N–H and O–H groups in total. The Morgan fingerprint density at radius 2 is 2.04 bits per heavy atom. The van der Waals surface area contributed by atoms with E-state index in [1.807, 2.05) is 50.2 Å². The standard InChI is InChI=1S/C20H18N4O2S/c1-3-15-23-17-13-8-6-10-21-19(13)27-18(17)20(26)24(15)11-16(25)22-14-9-5-4-7-12(14)2/h4-10H,3,11H2,1-2H3,(H,22,25). The maximum atomic E-state index is 13.1. The monoisotopic (exact) mass is 378 g/mol. The maximum Gasteiger partial charge on any atom is 0.272 e. The number of hydrogen-bond acceptors (Lipinski definition) is 5. The van der Waals surface area contributed by atoms with Crippen LogP contribution < -0.4 is 10.9 Å². The van der Waals surface area contributed by atoms with Crippen LogP contribution in [0, 0.1) is 6.92 Å². The van der Waals surface area contributed by atoms with E-state index in [1.165, 1.54) is 15.9 Å². The number of thiophene rings is 1. The largest absolute Gasteiger partial charge is 0.324 e. The molecular formula is C20H18N4O2S. The summed E-state index contributed by atoms with van der Waals surface area (Å²) in [5.41, 5.74) is 2.19. The summed E-state index contributed by atoms with van der Waals surface area (Å²) in [6.45, 7) is 3.79. The molecule has 4 aromatic rings. The van der Waals surface area contributed by atoms with Gasteiger partial charge in [0.1, 0.15) is 21.9 Å². The van der Waals surface area contributed by atoms with Crippen molar-refractivity contribution in [2.45, 2.75) is 26.8 Å². The Kier molecular flexibility index (Phi) is 4.45. The van der Waals surface area contributed by atoms with Crippen LogP contribution in [0.5, 0.6) is 0 Å². The van der Waals surface area contributed by atoms with E-state index in [0.29, 0.717) is 22.5 Å². The number of nitrogens with zero attached hydrogens (tertiary/aromatic N) is 3. The lowest BCUT2D eigenvalue weighted by Gasteiger charge is -2.12. The second-order valence-electron chi connectivity index (χ2n) is 6.27. The molecule has 0 spiro atoms. The molecule has 0 atom stereocenters. The van der Waals surface area contributed by atoms with Crippen molar-refractivity contribution in [2.75, 3.05) is 5.32 Å². The van der Waals surface area contributed by atoms with E-state index < -0.39 is 0 Å². The SMILES string of the molecule is CCc1nc2c(sc3ncccc32)c(=O)n1CC(=O)Nc1ccccc1C. The van der Waals surface area contributed by atoms with Gasteiger partial charge >= 0.3 is 0 Å². The number of hydrogen-bond donors (Lipinski definition) is 1. The number of amides is 1. The van der Waals surface area contributed by atoms with Crippen LogP contribution in [0.3, 0.4) is 0 Å². The van der Waals surface area contributed by atoms with Gasteiger partial charge in [0.2, 0.25) is 5.91 Å². The van der Waals surface area contributed by atoms with E-state index in [2.05, 4.69) is 15.3 Å². The summed E-state index contributed by atoms with van der Waals surface area (Å²) in [6.07, 6.45) is 2.26. The Hall–Kier alpha value is -3.06. The summed E-state index contributed by atoms with van der Waals surface area (Å²) in [5.74, 6) is 0.345. The van der Waals surface area contributed by atoms with E-state index in [-0.39, 0.29) is 18.0 Å². The molecule has 1 aromatic carbocycles. The van der Waals surface area contributed by atoms with Crippen molar-refractivity contribution in [2.24, 2.45) is 0 Å². The van der Waals surface area contributed by atoms with E-state index >= 15 is 0 Å². The lowest BCUT2D eigenvalue weighted by molar-refractivity contribution is -0.116. The molecule has 27 heavy (non-hydrogen) atoms. The normalized spacial score (nSPS) is 11.2. The third kappa shape index (κ3) is 3.10. The number of para-hydroxylation sites is 1. The highest BCUT2D eigenvalue weighted by molar-refractivity contribution is 7.25. The van der Waals surface area contributed by atoms with Gasteiger partial charge in [0.05, 0.1) is 5.52 Å². The third-order valence-electron chi connectivity index (χ3n) is 4.47. The molecule has 0 fully saturated rings. The van der Waals surface area contributed by atoms with Crippen LogP contribution in [0.25, 0.3) is 20.4 Å². The molecule has 6 nitrogen and oxygen atoms in total. The fourth-order valence-corrected chi connectivity index (χ4v) is 4.12. The molecule has 1 amide bonds. The van der Waals surface area contributed by atoms with Crippen LogP contribution in [0.15, 0.2) is 47.4 Å². The average Bonchev–Trinajstić information content (AvgIpc) is 3.04. The molecule has 136 valence electrons. The van der Waals surface area contributed by atoms with Gasteiger partial charge in [-0.15, -0.1) is 11.3 Å². The minimum Gasteiger partial charge on any atom is -0.324 e. The molecule has 7 heteroatoms. The first-order valence-electron chi connectivity index (χ1n) is 8.71. The van der Waals surface area contributed by atoms with Gasteiger partial charge in [-0.3, -0.25) is 14.2 Å². The molecule has 3 aromatic heterocycles. The Morgan fingerprint density at radius 3 is 2.81 bits per heavy atom. The van der Waals surface area contributed by atoms with Crippen molar-refractivity contribution >= 4 is 43.4 Å². The van der Waals surface area contributed by atoms with Crippen LogP contribution in [-0.4, -0.2) is 20.4 Å². The molecule has 0 aliphatic heterocycles. The number of nitrogens with one attached hydrogen (secondary N) is 1. The van der Waals surface area contributed by atoms with Crippen molar-refractivity contribution in [3.05, 3.63) is 64.3 Å². The first kappa shape index (κ1) is 17.4. The van der Waals surface area contributed by atoms with Gasteiger partial charge in [0, 0.05) is 23.7 Å². The van der Waals surface area contributed by atoms with Gasteiger partial charge in [-0.05, 0) is 30.7 Å². The number of carbonyl (C=O) groups excluding carboxylic acids is 1. The summed E-state index contributed by atoms with van der Waals surface area (Å²) < 4.78 is 2.00. The molecule has 0 aliphatic carbocycles. The van der Waals surface area contributed by atoms with E-state index in [9.17, 15) is 9.59 Å². The van der Waals surface area contributed by atoms with Crippen LogP contribution in [0.1, 0.15) is 18.3 Å². The van der Waals surface area contributed by atoms with Gasteiger partial charge in [-0.1, -0.05) is 25.1 Å². The van der Waals surface area contributed by atoms with Gasteiger partial charge in [0.15, 0.2) is 0 Å². The second kappa shape index (κ2) is 6.92. The fourth-order valence-electron chi connectivity index (χ4n) is 3.08. The summed E-state index contributed by atoms with van der Waals surface area (Å²) in [6, 6.07) is 11.3. The van der Waals surface area contributed by atoms with Crippen LogP contribution >= 0.6 is 11.3 Å². The van der Waals surface area contributed by atoms with Crippen LogP contribution in [0.2, 0.25) is 0 Å². The first-order valence-corrected chi connectivity index (χ1v) is 9.52. The van der Waals surface area contributed by atoms with Crippen molar-refractivity contribution in [3.63, 3.8) is 0 Å². The lowest BCUT2D eigenvalue weighted by atomic mass is 10.2. The first-order chi connectivity index (χ1) is 13.1. The average molecular weight is 378 g/mol. The molecule has 0 radical (unpaired) electrons. The highest BCUT2D eigenvalue weighted by atomic mass is 32.1. The van der Waals surface area contributed by atoms with Crippen LogP contribution in [-0.2, 0) is 17.8 Å². The molecule has 0 saturated heterocycles. The molecule has 0 aliphatic rings. The number of benzene rings is 1. The minimum atomic E-state index is -0.249. The van der Waals surface area contributed by atoms with E-state index in [0.717, 1.165) is 21.5 Å². The van der Waals surface area contributed by atoms with Crippen molar-refractivity contribution < 1.29 is 4.79 Å². The Labute approximate surface area is 159 Å². The number of anilines is 1. The zero-order valence-electron chi connectivity index (χ0n) is 15.0. The number of fused-ring (bicyclic) bond motifs is 3. The topological polar surface area (TPSA) is 76.9 Å². The Balaban J connectivity index is 1.76. The summed E-state index contributed by atoms with van der Waals surface area (Å²) >= 11 is 1.32. The molecule has 4 rings (SSSR count). The second-order valence-corrected chi connectivity index (χ2v) is 7.27. The summed E-state index contributed by atoms with van der Waals surface area (Å²) in [7, 11) is 0. The van der Waals surface area contributed by atoms with Crippen molar-refractivity contribution in [1.29, 1.82) is 0 Å². The predicted molar refractivity (Wildman–Crippen MR) is 108 cm³/mol. The highest BCUT2D eigenvalue weighted by Gasteiger charge is 2.17. The van der Waals surface area contributed by atoms with E-state index in [1.54, 1.807) is 6.20 Å². The molecule has 3 heterocycles. The zero-order valence-corrected chi connectivity index (χ0v) is 15.8. The third-order valence-corrected chi connectivity index (χ3v) is 5.56. The van der Waals surface area contributed by atoms with Gasteiger partial charge in [0.25, 0.3) is 5.56 Å². The minimum absolute atomic E-state index is 0.0685. The number of carbonyl (C=O) groups is 1. The van der Waals surface area contributed by atoms with Gasteiger partial charge < -0.3 is 5.32 Å². The summed E-state index contributed by atoms with van der Waals surface area (Å²) in [5, 5.41) is 3.75. The smallest absolute Gasteiger partial charge is 0.272 e. The van der Waals surface area contributed by atoms with Crippen LogP contribution in [0.4, 0.5) is 5.69 Å². The zero-order chi connectivity index (χ0) is 19.0. The number of aromatic nitrogens is 3. The predicted octanol–water partition coefficient (Wildman–Crippen LogP) is 3.52. The number of pyridine rings is 1. The van der Waals surface area contributed by atoms with Crippen molar-refractivity contribution in [3.8, 4) is 0 Å². The number of aryl methyl sites for hydroxylation is 2. The lowest BCUT2D eigenvalue weighted by Crippen LogP contribution is -2.30. The summed E-state index contributed by atoms with van der Waals surface area (Å²) in [4.78, 5) is 35.4. The Bertz CT molecular complexity index is 1230. The van der Waals surface area contributed by atoms with E-state index in [4.69, 9.17) is 0 Å². The molecular weight excluding hydrogens is 360 g/mol. The van der Waals surface area contributed by atoms with Crippen molar-refractivity contribution in [1.82, 2.24) is 14.5 Å². The molecule has 0 unspecified atom stereocenters.